The van der Waals surface area contributed by atoms with Crippen molar-refractivity contribution in [2.45, 2.75) is 18.5 Å². The van der Waals surface area contributed by atoms with Gasteiger partial charge in [0.15, 0.2) is 0 Å². The summed E-state index contributed by atoms with van der Waals surface area (Å²) in [6.45, 7) is 0.389. The Labute approximate surface area is 90.3 Å². The fourth-order valence-corrected chi connectivity index (χ4v) is 1.94. The average Bonchev–Trinajstić information content (AvgIpc) is 2.95. The summed E-state index contributed by atoms with van der Waals surface area (Å²) in [6.07, 6.45) is -3.96. The third kappa shape index (κ3) is 1.91. The van der Waals surface area contributed by atoms with E-state index in [1.807, 2.05) is 0 Å². The molecule has 1 fully saturated rings. The van der Waals surface area contributed by atoms with E-state index in [0.29, 0.717) is 13.0 Å². The van der Waals surface area contributed by atoms with Gasteiger partial charge in [-0.25, -0.2) is 4.39 Å². The molecule has 0 bridgehead atoms. The normalized spacial score (nSPS) is 24.6. The molecule has 2 N–H and O–H groups in total. The Morgan fingerprint density at radius 3 is 2.50 bits per heavy atom. The predicted octanol–water partition coefficient (Wildman–Crippen LogP) is 2.91. The zero-order valence-corrected chi connectivity index (χ0v) is 8.39. The Bertz CT molecular complexity index is 399. The van der Waals surface area contributed by atoms with Crippen LogP contribution in [0.2, 0.25) is 0 Å². The molecule has 1 nitrogen and oxygen atoms in total. The van der Waals surface area contributed by atoms with Gasteiger partial charge < -0.3 is 5.73 Å². The number of alkyl halides is 3. The number of rotatable bonds is 2. The van der Waals surface area contributed by atoms with E-state index < -0.39 is 17.6 Å². The van der Waals surface area contributed by atoms with Crippen LogP contribution in [0.25, 0.3) is 0 Å². The summed E-state index contributed by atoms with van der Waals surface area (Å²) in [4.78, 5) is 0. The highest BCUT2D eigenvalue weighted by Gasteiger charge is 2.42. The summed E-state index contributed by atoms with van der Waals surface area (Å²) in [7, 11) is 0. The minimum atomic E-state index is -4.63. The minimum Gasteiger partial charge on any atom is -0.330 e. The zero-order valence-electron chi connectivity index (χ0n) is 8.39. The van der Waals surface area contributed by atoms with Crippen molar-refractivity contribution in [3.05, 3.63) is 35.1 Å². The predicted molar refractivity (Wildman–Crippen MR) is 51.3 cm³/mol. The summed E-state index contributed by atoms with van der Waals surface area (Å²) >= 11 is 0. The summed E-state index contributed by atoms with van der Waals surface area (Å²) < 4.78 is 50.9. The van der Waals surface area contributed by atoms with Crippen LogP contribution in [0, 0.1) is 11.7 Å². The van der Waals surface area contributed by atoms with Crippen LogP contribution in [0.1, 0.15) is 23.5 Å². The molecule has 0 saturated heterocycles. The highest BCUT2D eigenvalue weighted by atomic mass is 19.4. The van der Waals surface area contributed by atoms with E-state index in [2.05, 4.69) is 0 Å². The Kier molecular flexibility index (Phi) is 2.66. The molecule has 0 aromatic heterocycles. The third-order valence-corrected chi connectivity index (χ3v) is 2.96. The van der Waals surface area contributed by atoms with E-state index in [-0.39, 0.29) is 17.4 Å². The summed E-state index contributed by atoms with van der Waals surface area (Å²) in [5.74, 6) is -1.17. The van der Waals surface area contributed by atoms with Crippen molar-refractivity contribution in [2.24, 2.45) is 11.7 Å². The third-order valence-electron chi connectivity index (χ3n) is 2.96. The van der Waals surface area contributed by atoms with E-state index >= 15 is 0 Å². The highest BCUT2D eigenvalue weighted by molar-refractivity contribution is 5.34. The molecule has 16 heavy (non-hydrogen) atoms. The highest BCUT2D eigenvalue weighted by Crippen LogP contribution is 2.48. The van der Waals surface area contributed by atoms with E-state index in [0.717, 1.165) is 6.07 Å². The number of halogens is 4. The van der Waals surface area contributed by atoms with Crippen LogP contribution in [0.4, 0.5) is 17.6 Å². The standard InChI is InChI=1S/C11H11F4N/c12-10-7(8-4-6(8)5-16)2-1-3-9(10)11(13,14)15/h1-3,6,8H,4-5,16H2/t6-,8+/m0/s1. The zero-order chi connectivity index (χ0) is 11.9. The van der Waals surface area contributed by atoms with Gasteiger partial charge >= 0.3 is 6.18 Å². The number of hydrogen-bond donors (Lipinski definition) is 1. The van der Waals surface area contributed by atoms with E-state index in [1.165, 1.54) is 12.1 Å². The molecule has 0 amide bonds. The van der Waals surface area contributed by atoms with Gasteiger partial charge in [-0.3, -0.25) is 0 Å². The van der Waals surface area contributed by atoms with Gasteiger partial charge in [0.05, 0.1) is 5.56 Å². The second kappa shape index (κ2) is 3.73. The molecule has 0 aliphatic heterocycles. The molecule has 2 rings (SSSR count). The number of benzene rings is 1. The van der Waals surface area contributed by atoms with Crippen LogP contribution in [-0.4, -0.2) is 6.54 Å². The van der Waals surface area contributed by atoms with Crippen LogP contribution in [-0.2, 0) is 6.18 Å². The maximum absolute atomic E-state index is 13.6. The topological polar surface area (TPSA) is 26.0 Å². The molecule has 1 aliphatic carbocycles. The maximum atomic E-state index is 13.6. The summed E-state index contributed by atoms with van der Waals surface area (Å²) in [5, 5.41) is 0. The molecule has 1 aromatic rings. The van der Waals surface area contributed by atoms with Crippen LogP contribution in [0.3, 0.4) is 0 Å². The van der Waals surface area contributed by atoms with Gasteiger partial charge in [0.25, 0.3) is 0 Å². The van der Waals surface area contributed by atoms with Gasteiger partial charge in [-0.05, 0) is 36.4 Å². The molecular weight excluding hydrogens is 222 g/mol. The van der Waals surface area contributed by atoms with Crippen molar-refractivity contribution in [3.63, 3.8) is 0 Å². The van der Waals surface area contributed by atoms with Crippen molar-refractivity contribution in [3.8, 4) is 0 Å². The van der Waals surface area contributed by atoms with Crippen molar-refractivity contribution in [1.82, 2.24) is 0 Å². The molecule has 0 unspecified atom stereocenters. The molecule has 88 valence electrons. The molecule has 0 spiro atoms. The Morgan fingerprint density at radius 1 is 1.31 bits per heavy atom. The Hall–Kier alpha value is -1.10. The smallest absolute Gasteiger partial charge is 0.330 e. The molecule has 1 aromatic carbocycles. The lowest BCUT2D eigenvalue weighted by Gasteiger charge is -2.10. The van der Waals surface area contributed by atoms with Gasteiger partial charge in [0.1, 0.15) is 5.82 Å². The molecule has 1 saturated carbocycles. The van der Waals surface area contributed by atoms with Gasteiger partial charge in [-0.1, -0.05) is 12.1 Å². The molecule has 0 radical (unpaired) electrons. The summed E-state index contributed by atoms with van der Waals surface area (Å²) in [5.41, 5.74) is 4.35. The first-order chi connectivity index (χ1) is 7.45. The fourth-order valence-electron chi connectivity index (χ4n) is 1.94. The largest absolute Gasteiger partial charge is 0.419 e. The van der Waals surface area contributed by atoms with Crippen molar-refractivity contribution < 1.29 is 17.6 Å². The SMILES string of the molecule is NC[C@@H]1C[C@H]1c1cccc(C(F)(F)F)c1F. The van der Waals surface area contributed by atoms with Crippen LogP contribution in [0.5, 0.6) is 0 Å². The quantitative estimate of drug-likeness (QED) is 0.781. The van der Waals surface area contributed by atoms with Gasteiger partial charge in [-0.2, -0.15) is 13.2 Å². The van der Waals surface area contributed by atoms with Crippen LogP contribution < -0.4 is 5.73 Å². The van der Waals surface area contributed by atoms with Gasteiger partial charge in [0, 0.05) is 0 Å². The van der Waals surface area contributed by atoms with Crippen LogP contribution >= 0.6 is 0 Å². The molecule has 2 atom stereocenters. The molecule has 1 aliphatic rings. The first kappa shape index (κ1) is 11.4. The molecule has 0 heterocycles. The second-order valence-corrected chi connectivity index (χ2v) is 4.04. The van der Waals surface area contributed by atoms with E-state index in [1.54, 1.807) is 0 Å². The van der Waals surface area contributed by atoms with Crippen molar-refractivity contribution in [1.29, 1.82) is 0 Å². The first-order valence-corrected chi connectivity index (χ1v) is 5.00. The van der Waals surface area contributed by atoms with Gasteiger partial charge in [0.2, 0.25) is 0 Å². The van der Waals surface area contributed by atoms with E-state index in [4.69, 9.17) is 5.73 Å². The lowest BCUT2D eigenvalue weighted by atomic mass is 10.0. The Morgan fingerprint density at radius 2 is 2.00 bits per heavy atom. The van der Waals surface area contributed by atoms with E-state index in [9.17, 15) is 17.6 Å². The second-order valence-electron chi connectivity index (χ2n) is 4.04. The first-order valence-electron chi connectivity index (χ1n) is 5.00. The Balaban J connectivity index is 2.35. The van der Waals surface area contributed by atoms with Gasteiger partial charge in [-0.15, -0.1) is 0 Å². The maximum Gasteiger partial charge on any atom is 0.419 e. The number of hydrogen-bond acceptors (Lipinski definition) is 1. The minimum absolute atomic E-state index is 0.123. The molecular formula is C11H11F4N. The fraction of sp³-hybridized carbons (Fsp3) is 0.455. The van der Waals surface area contributed by atoms with Crippen molar-refractivity contribution in [2.75, 3.05) is 6.54 Å². The van der Waals surface area contributed by atoms with Crippen LogP contribution in [0.15, 0.2) is 18.2 Å². The monoisotopic (exact) mass is 233 g/mol. The van der Waals surface area contributed by atoms with Crippen molar-refractivity contribution >= 4 is 0 Å². The summed E-state index contributed by atoms with van der Waals surface area (Å²) in [6, 6.07) is 3.41. The molecule has 5 heteroatoms. The average molecular weight is 233 g/mol. The lowest BCUT2D eigenvalue weighted by Crippen LogP contribution is -2.10. The lowest BCUT2D eigenvalue weighted by molar-refractivity contribution is -0.140. The number of nitrogens with two attached hydrogens (primary N) is 1.